The van der Waals surface area contributed by atoms with E-state index in [1.807, 2.05) is 24.3 Å². The van der Waals surface area contributed by atoms with Crippen molar-refractivity contribution in [2.45, 2.75) is 6.92 Å². The molecule has 0 bridgehead atoms. The number of hydrogen-bond donors (Lipinski definition) is 2. The molecule has 0 fully saturated rings. The fourth-order valence-corrected chi connectivity index (χ4v) is 3.42. The van der Waals surface area contributed by atoms with Crippen molar-refractivity contribution in [1.29, 1.82) is 5.26 Å². The van der Waals surface area contributed by atoms with Crippen LogP contribution in [-0.4, -0.2) is 17.7 Å². The SMILES string of the molecule is CC(=O)Nc1ccc(C2=C(Nc3ccccc3)C(=O)N(c3ccc(C#N)cc3)C2=O)cc1. The first-order valence-corrected chi connectivity index (χ1v) is 9.81. The third-order valence-electron chi connectivity index (χ3n) is 4.88. The van der Waals surface area contributed by atoms with E-state index in [0.29, 0.717) is 28.2 Å². The molecule has 0 aliphatic carbocycles. The predicted molar refractivity (Wildman–Crippen MR) is 121 cm³/mol. The van der Waals surface area contributed by atoms with Crippen LogP contribution in [0.15, 0.2) is 84.6 Å². The summed E-state index contributed by atoms with van der Waals surface area (Å²) in [6.45, 7) is 1.41. The minimum Gasteiger partial charge on any atom is -0.350 e. The Morgan fingerprint density at radius 3 is 2.09 bits per heavy atom. The molecule has 0 radical (unpaired) electrons. The van der Waals surface area contributed by atoms with E-state index in [1.165, 1.54) is 6.92 Å². The average molecular weight is 422 g/mol. The Morgan fingerprint density at radius 1 is 0.844 bits per heavy atom. The van der Waals surface area contributed by atoms with E-state index < -0.39 is 11.8 Å². The lowest BCUT2D eigenvalue weighted by Gasteiger charge is -2.15. The molecule has 0 aromatic heterocycles. The van der Waals surface area contributed by atoms with Crippen LogP contribution in [0.4, 0.5) is 17.1 Å². The van der Waals surface area contributed by atoms with E-state index in [2.05, 4.69) is 10.6 Å². The normalized spacial score (nSPS) is 13.2. The van der Waals surface area contributed by atoms with Gasteiger partial charge in [0.15, 0.2) is 0 Å². The summed E-state index contributed by atoms with van der Waals surface area (Å²) >= 11 is 0. The third-order valence-corrected chi connectivity index (χ3v) is 4.88. The molecule has 0 atom stereocenters. The van der Waals surface area contributed by atoms with E-state index in [1.54, 1.807) is 60.7 Å². The second kappa shape index (κ2) is 8.58. The summed E-state index contributed by atoms with van der Waals surface area (Å²) in [5.41, 5.74) is 2.95. The predicted octanol–water partition coefficient (Wildman–Crippen LogP) is 3.91. The van der Waals surface area contributed by atoms with Crippen LogP contribution in [-0.2, 0) is 14.4 Å². The first kappa shape index (κ1) is 20.6. The topological polar surface area (TPSA) is 102 Å². The number of imide groups is 1. The molecule has 0 spiro atoms. The van der Waals surface area contributed by atoms with Crippen molar-refractivity contribution in [3.63, 3.8) is 0 Å². The van der Waals surface area contributed by atoms with Crippen LogP contribution in [0, 0.1) is 11.3 Å². The van der Waals surface area contributed by atoms with Gasteiger partial charge in [-0.2, -0.15) is 5.26 Å². The molecule has 0 saturated heterocycles. The van der Waals surface area contributed by atoms with Crippen LogP contribution in [0.3, 0.4) is 0 Å². The molecule has 32 heavy (non-hydrogen) atoms. The highest BCUT2D eigenvalue weighted by Gasteiger charge is 2.40. The van der Waals surface area contributed by atoms with Gasteiger partial charge < -0.3 is 10.6 Å². The molecule has 3 aromatic rings. The van der Waals surface area contributed by atoms with Crippen molar-refractivity contribution < 1.29 is 14.4 Å². The summed E-state index contributed by atoms with van der Waals surface area (Å²) in [4.78, 5) is 39.1. The minimum atomic E-state index is -0.496. The van der Waals surface area contributed by atoms with Gasteiger partial charge in [0, 0.05) is 18.3 Å². The summed E-state index contributed by atoms with van der Waals surface area (Å²) in [6, 6.07) is 24.1. The van der Waals surface area contributed by atoms with Gasteiger partial charge in [-0.1, -0.05) is 30.3 Å². The number of nitrogens with zero attached hydrogens (tertiary/aromatic N) is 2. The highest BCUT2D eigenvalue weighted by atomic mass is 16.2. The van der Waals surface area contributed by atoms with Crippen LogP contribution in [0.5, 0.6) is 0 Å². The quantitative estimate of drug-likeness (QED) is 0.607. The maximum absolute atomic E-state index is 13.4. The molecule has 0 unspecified atom stereocenters. The molecule has 1 aliphatic heterocycles. The number of rotatable bonds is 5. The molecule has 0 saturated carbocycles. The molecular formula is C25H18N4O3. The number of hydrogen-bond acceptors (Lipinski definition) is 5. The lowest BCUT2D eigenvalue weighted by Crippen LogP contribution is -2.32. The maximum atomic E-state index is 13.4. The highest BCUT2D eigenvalue weighted by molar-refractivity contribution is 6.46. The summed E-state index contributed by atoms with van der Waals surface area (Å²) in [5.74, 6) is -1.18. The van der Waals surface area contributed by atoms with Gasteiger partial charge in [0.2, 0.25) is 5.91 Å². The Balaban J connectivity index is 1.77. The van der Waals surface area contributed by atoms with Gasteiger partial charge in [-0.3, -0.25) is 14.4 Å². The van der Waals surface area contributed by atoms with Crippen LogP contribution in [0.25, 0.3) is 5.57 Å². The zero-order valence-corrected chi connectivity index (χ0v) is 17.1. The number of anilines is 3. The number of nitriles is 1. The Kier molecular flexibility index (Phi) is 5.51. The lowest BCUT2D eigenvalue weighted by atomic mass is 10.0. The Hall–Kier alpha value is -4.70. The third kappa shape index (κ3) is 3.98. The number of para-hydroxylation sites is 1. The van der Waals surface area contributed by atoms with Gasteiger partial charge in [0.05, 0.1) is 22.9 Å². The number of carbonyl (C=O) groups is 3. The summed E-state index contributed by atoms with van der Waals surface area (Å²) in [7, 11) is 0. The van der Waals surface area contributed by atoms with Crippen molar-refractivity contribution in [2.24, 2.45) is 0 Å². The maximum Gasteiger partial charge on any atom is 0.282 e. The van der Waals surface area contributed by atoms with Crippen molar-refractivity contribution in [3.05, 3.63) is 95.7 Å². The largest absolute Gasteiger partial charge is 0.350 e. The summed E-state index contributed by atoms with van der Waals surface area (Å²) in [5, 5.41) is 14.8. The monoisotopic (exact) mass is 422 g/mol. The van der Waals surface area contributed by atoms with Gasteiger partial charge >= 0.3 is 0 Å². The van der Waals surface area contributed by atoms with Gasteiger partial charge in [0.1, 0.15) is 5.70 Å². The van der Waals surface area contributed by atoms with E-state index in [-0.39, 0.29) is 17.2 Å². The number of amides is 3. The van der Waals surface area contributed by atoms with Crippen molar-refractivity contribution >= 4 is 40.4 Å². The molecular weight excluding hydrogens is 404 g/mol. The molecule has 1 heterocycles. The second-order valence-corrected chi connectivity index (χ2v) is 7.10. The number of benzene rings is 3. The molecule has 3 aromatic carbocycles. The molecule has 1 aliphatic rings. The molecule has 2 N–H and O–H groups in total. The zero-order valence-electron chi connectivity index (χ0n) is 17.1. The fourth-order valence-electron chi connectivity index (χ4n) is 3.42. The zero-order chi connectivity index (χ0) is 22.7. The molecule has 7 heteroatoms. The summed E-state index contributed by atoms with van der Waals surface area (Å²) in [6.07, 6.45) is 0. The molecule has 3 amide bonds. The van der Waals surface area contributed by atoms with Gasteiger partial charge in [0.25, 0.3) is 11.8 Å². The Morgan fingerprint density at radius 2 is 1.50 bits per heavy atom. The minimum absolute atomic E-state index is 0.151. The van der Waals surface area contributed by atoms with Crippen molar-refractivity contribution in [3.8, 4) is 6.07 Å². The van der Waals surface area contributed by atoms with Crippen LogP contribution in [0.2, 0.25) is 0 Å². The van der Waals surface area contributed by atoms with Crippen molar-refractivity contribution in [2.75, 3.05) is 15.5 Å². The molecule has 156 valence electrons. The smallest absolute Gasteiger partial charge is 0.282 e. The Bertz CT molecular complexity index is 1270. The van der Waals surface area contributed by atoms with E-state index in [9.17, 15) is 14.4 Å². The molecule has 4 rings (SSSR count). The Labute approximate surface area is 184 Å². The standard InChI is InChI=1S/C25H18N4O3/c1-16(30)27-20-11-9-18(10-12-20)22-23(28-19-5-3-2-4-6-19)25(32)29(24(22)31)21-13-7-17(15-26)8-14-21/h2-14,28H,1H3,(H,27,30). The van der Waals surface area contributed by atoms with Crippen LogP contribution >= 0.6 is 0 Å². The number of nitrogens with one attached hydrogen (secondary N) is 2. The number of carbonyl (C=O) groups excluding carboxylic acids is 3. The van der Waals surface area contributed by atoms with Crippen LogP contribution in [0.1, 0.15) is 18.1 Å². The van der Waals surface area contributed by atoms with Crippen LogP contribution < -0.4 is 15.5 Å². The van der Waals surface area contributed by atoms with Gasteiger partial charge in [-0.25, -0.2) is 4.90 Å². The van der Waals surface area contributed by atoms with E-state index >= 15 is 0 Å². The van der Waals surface area contributed by atoms with Crippen molar-refractivity contribution in [1.82, 2.24) is 0 Å². The molecule has 7 nitrogen and oxygen atoms in total. The summed E-state index contributed by atoms with van der Waals surface area (Å²) < 4.78 is 0. The lowest BCUT2D eigenvalue weighted by molar-refractivity contribution is -0.120. The average Bonchev–Trinajstić information content (AvgIpc) is 3.04. The first-order valence-electron chi connectivity index (χ1n) is 9.81. The highest BCUT2D eigenvalue weighted by Crippen LogP contribution is 2.34. The van der Waals surface area contributed by atoms with Gasteiger partial charge in [-0.15, -0.1) is 0 Å². The van der Waals surface area contributed by atoms with Gasteiger partial charge in [-0.05, 0) is 54.1 Å². The fraction of sp³-hybridized carbons (Fsp3) is 0.0400. The van der Waals surface area contributed by atoms with E-state index in [0.717, 1.165) is 4.90 Å². The van der Waals surface area contributed by atoms with E-state index in [4.69, 9.17) is 5.26 Å². The second-order valence-electron chi connectivity index (χ2n) is 7.10. The first-order chi connectivity index (χ1) is 15.5.